The lowest BCUT2D eigenvalue weighted by molar-refractivity contribution is 0.501. The van der Waals surface area contributed by atoms with Crippen molar-refractivity contribution in [2.24, 2.45) is 5.11 Å². The molecule has 0 amide bonds. The lowest BCUT2D eigenvalue weighted by Gasteiger charge is -2.14. The van der Waals surface area contributed by atoms with E-state index in [1.165, 1.54) is 12.1 Å². The maximum atomic E-state index is 12.1. The van der Waals surface area contributed by atoms with Crippen molar-refractivity contribution < 1.29 is 12.9 Å². The van der Waals surface area contributed by atoms with Crippen LogP contribution in [0.5, 0.6) is 0 Å². The third-order valence-electron chi connectivity index (χ3n) is 1.41. The topological polar surface area (TPSA) is 48.8 Å². The van der Waals surface area contributed by atoms with Gasteiger partial charge in [-0.1, -0.05) is 29.4 Å². The van der Waals surface area contributed by atoms with Gasteiger partial charge in [-0.15, -0.1) is 5.46 Å². The molecule has 0 aromatic heterocycles. The summed E-state index contributed by atoms with van der Waals surface area (Å²) in [6.07, 6.45) is 0. The van der Waals surface area contributed by atoms with Crippen LogP contribution in [0.25, 0.3) is 10.4 Å². The molecule has 0 spiro atoms. The molecular formula is C6H4BF3N3-. The van der Waals surface area contributed by atoms with Crippen molar-refractivity contribution in [2.45, 2.75) is 0 Å². The molecule has 1 rings (SSSR count). The fourth-order valence-electron chi connectivity index (χ4n) is 0.842. The van der Waals surface area contributed by atoms with Crippen molar-refractivity contribution >= 4 is 18.1 Å². The van der Waals surface area contributed by atoms with Crippen LogP contribution in [-0.2, 0) is 0 Å². The summed E-state index contributed by atoms with van der Waals surface area (Å²) in [4.78, 5) is 2.39. The minimum atomic E-state index is -5.02. The summed E-state index contributed by atoms with van der Waals surface area (Å²) < 4.78 is 36.4. The number of nitrogens with zero attached hydrogens (tertiary/aromatic N) is 3. The molecule has 0 fully saturated rings. The van der Waals surface area contributed by atoms with Gasteiger partial charge in [0.15, 0.2) is 0 Å². The van der Waals surface area contributed by atoms with Gasteiger partial charge in [-0.25, -0.2) is 0 Å². The third kappa shape index (κ3) is 2.42. The summed E-state index contributed by atoms with van der Waals surface area (Å²) >= 11 is 0. The average Bonchev–Trinajstić information content (AvgIpc) is 2.04. The number of azide groups is 1. The molecule has 0 aliphatic heterocycles. The molecule has 1 aromatic rings. The van der Waals surface area contributed by atoms with Crippen molar-refractivity contribution in [2.75, 3.05) is 0 Å². The monoisotopic (exact) mass is 186 g/mol. The van der Waals surface area contributed by atoms with E-state index in [1.807, 2.05) is 0 Å². The summed E-state index contributed by atoms with van der Waals surface area (Å²) in [5.74, 6) is 0. The van der Waals surface area contributed by atoms with E-state index in [1.54, 1.807) is 0 Å². The first-order valence-corrected chi connectivity index (χ1v) is 3.39. The SMILES string of the molecule is [N-]=[N+]=Nc1cccc([B-](F)(F)F)c1. The van der Waals surface area contributed by atoms with E-state index in [0.717, 1.165) is 12.1 Å². The first-order valence-electron chi connectivity index (χ1n) is 3.39. The number of hydrogen-bond acceptors (Lipinski definition) is 1. The molecule has 68 valence electrons. The maximum absolute atomic E-state index is 12.1. The van der Waals surface area contributed by atoms with Gasteiger partial charge in [0.25, 0.3) is 0 Å². The Kier molecular flexibility index (Phi) is 2.48. The van der Waals surface area contributed by atoms with Crippen molar-refractivity contribution in [3.8, 4) is 0 Å². The third-order valence-corrected chi connectivity index (χ3v) is 1.41. The van der Waals surface area contributed by atoms with E-state index in [9.17, 15) is 12.9 Å². The average molecular weight is 186 g/mol. The Morgan fingerprint density at radius 3 is 2.54 bits per heavy atom. The molecule has 0 radical (unpaired) electrons. The van der Waals surface area contributed by atoms with Crippen LogP contribution in [-0.4, -0.2) is 6.98 Å². The van der Waals surface area contributed by atoms with Gasteiger partial charge in [0, 0.05) is 10.6 Å². The van der Waals surface area contributed by atoms with Crippen molar-refractivity contribution in [3.63, 3.8) is 0 Å². The van der Waals surface area contributed by atoms with Crippen molar-refractivity contribution in [1.82, 2.24) is 0 Å². The van der Waals surface area contributed by atoms with Crippen LogP contribution < -0.4 is 5.46 Å². The molecule has 3 nitrogen and oxygen atoms in total. The predicted octanol–water partition coefficient (Wildman–Crippen LogP) is 2.68. The minimum absolute atomic E-state index is 0.0285. The largest absolute Gasteiger partial charge is 0.509 e. The van der Waals surface area contributed by atoms with Gasteiger partial charge in [0.1, 0.15) is 0 Å². The smallest absolute Gasteiger partial charge is 0.445 e. The molecule has 0 bridgehead atoms. The first-order chi connectivity index (χ1) is 6.04. The standard InChI is InChI=1S/C6H4BF3N3/c8-7(9,10)5-2-1-3-6(4-5)12-13-11/h1-4H/q-1. The van der Waals surface area contributed by atoms with Crippen LogP contribution in [0.15, 0.2) is 29.4 Å². The summed E-state index contributed by atoms with van der Waals surface area (Å²) in [6.45, 7) is -5.02. The number of rotatable bonds is 2. The van der Waals surface area contributed by atoms with E-state index in [2.05, 4.69) is 10.0 Å². The van der Waals surface area contributed by atoms with E-state index in [0.29, 0.717) is 0 Å². The maximum Gasteiger partial charge on any atom is 0.509 e. The van der Waals surface area contributed by atoms with E-state index >= 15 is 0 Å². The molecule has 7 heteroatoms. The lowest BCUT2D eigenvalue weighted by Crippen LogP contribution is -2.33. The van der Waals surface area contributed by atoms with Gasteiger partial charge in [-0.3, -0.25) is 0 Å². The molecule has 0 unspecified atom stereocenters. The zero-order chi connectivity index (χ0) is 9.90. The van der Waals surface area contributed by atoms with Gasteiger partial charge in [-0.05, 0) is 5.53 Å². The van der Waals surface area contributed by atoms with E-state index < -0.39 is 12.4 Å². The van der Waals surface area contributed by atoms with Crippen LogP contribution >= 0.6 is 0 Å². The van der Waals surface area contributed by atoms with Crippen LogP contribution in [0.4, 0.5) is 18.6 Å². The highest BCUT2D eigenvalue weighted by atomic mass is 19.4. The number of benzene rings is 1. The van der Waals surface area contributed by atoms with Crippen molar-refractivity contribution in [1.29, 1.82) is 0 Å². The molecule has 1 aromatic carbocycles. The number of halogens is 3. The van der Waals surface area contributed by atoms with Gasteiger partial charge in [0.05, 0.1) is 0 Å². The molecule has 0 atom stereocenters. The molecule has 13 heavy (non-hydrogen) atoms. The molecule has 0 saturated heterocycles. The van der Waals surface area contributed by atoms with E-state index in [4.69, 9.17) is 5.53 Å². The first kappa shape index (κ1) is 9.47. The second-order valence-corrected chi connectivity index (χ2v) is 2.36. The quantitative estimate of drug-likeness (QED) is 0.295. The molecule has 0 saturated carbocycles. The van der Waals surface area contributed by atoms with E-state index in [-0.39, 0.29) is 5.69 Å². The van der Waals surface area contributed by atoms with Crippen molar-refractivity contribution in [3.05, 3.63) is 34.7 Å². The fourth-order valence-corrected chi connectivity index (χ4v) is 0.842. The van der Waals surface area contributed by atoms with Crippen LogP contribution in [0.2, 0.25) is 0 Å². The second kappa shape index (κ2) is 3.41. The number of hydrogen-bond donors (Lipinski definition) is 0. The Hall–Kier alpha value is -1.62. The van der Waals surface area contributed by atoms with Gasteiger partial charge in [-0.2, -0.15) is 0 Å². The minimum Gasteiger partial charge on any atom is -0.445 e. The Balaban J connectivity index is 3.12. The van der Waals surface area contributed by atoms with Crippen LogP contribution in [0, 0.1) is 0 Å². The highest BCUT2D eigenvalue weighted by Crippen LogP contribution is 2.14. The molecule has 0 heterocycles. The Morgan fingerprint density at radius 2 is 2.00 bits per heavy atom. The lowest BCUT2D eigenvalue weighted by atomic mass is 9.80. The summed E-state index contributed by atoms with van der Waals surface area (Å²) in [5, 5.41) is 3.07. The Morgan fingerprint density at radius 1 is 1.31 bits per heavy atom. The second-order valence-electron chi connectivity index (χ2n) is 2.36. The zero-order valence-electron chi connectivity index (χ0n) is 6.36. The van der Waals surface area contributed by atoms with Crippen LogP contribution in [0.1, 0.15) is 0 Å². The molecular weight excluding hydrogens is 182 g/mol. The highest BCUT2D eigenvalue weighted by molar-refractivity contribution is 6.73. The Labute approximate surface area is 71.9 Å². The summed E-state index contributed by atoms with van der Waals surface area (Å²) in [7, 11) is 0. The van der Waals surface area contributed by atoms with Gasteiger partial charge >= 0.3 is 6.98 Å². The fraction of sp³-hybridized carbons (Fsp3) is 0. The van der Waals surface area contributed by atoms with Gasteiger partial charge in [0.2, 0.25) is 0 Å². The molecule has 0 aliphatic carbocycles. The zero-order valence-corrected chi connectivity index (χ0v) is 6.36. The molecule has 0 aliphatic rings. The predicted molar refractivity (Wildman–Crippen MR) is 44.0 cm³/mol. The summed E-state index contributed by atoms with van der Waals surface area (Å²) in [6, 6.07) is 4.27. The van der Waals surface area contributed by atoms with Crippen LogP contribution in [0.3, 0.4) is 0 Å². The summed E-state index contributed by atoms with van der Waals surface area (Å²) in [5.41, 5.74) is 7.21. The molecule has 0 N–H and O–H groups in total. The normalized spacial score (nSPS) is 10.7. The van der Waals surface area contributed by atoms with Gasteiger partial charge < -0.3 is 12.9 Å². The Bertz CT molecular complexity index is 356. The highest BCUT2D eigenvalue weighted by Gasteiger charge is 2.25.